The molecule has 2 aliphatic rings. The average molecular weight is 314 g/mol. The lowest BCUT2D eigenvalue weighted by Crippen LogP contribution is -2.59. The number of aliphatic hydroxyl groups is 4. The minimum Gasteiger partial charge on any atom is -0.394 e. The monoisotopic (exact) mass is 314 g/mol. The zero-order valence-electron chi connectivity index (χ0n) is 12.9. The molecule has 1 fully saturated rings. The summed E-state index contributed by atoms with van der Waals surface area (Å²) >= 11 is 0. The van der Waals surface area contributed by atoms with Crippen LogP contribution in [0, 0.1) is 5.92 Å². The Labute approximate surface area is 130 Å². The van der Waals surface area contributed by atoms with E-state index in [4.69, 9.17) is 14.6 Å². The van der Waals surface area contributed by atoms with Crippen LogP contribution in [0.1, 0.15) is 26.2 Å². The first-order chi connectivity index (χ1) is 10.4. The zero-order chi connectivity index (χ0) is 16.3. The normalized spacial score (nSPS) is 39.4. The van der Waals surface area contributed by atoms with E-state index in [2.05, 4.69) is 12.7 Å². The molecule has 0 aromatic carbocycles. The number of aliphatic hydroxyl groups excluding tert-OH is 4. The third kappa shape index (κ3) is 3.95. The Balaban J connectivity index is 1.87. The van der Waals surface area contributed by atoms with Gasteiger partial charge in [0.25, 0.3) is 0 Å². The number of allylic oxidation sites excluding steroid dienone is 2. The third-order valence-electron chi connectivity index (χ3n) is 4.48. The van der Waals surface area contributed by atoms with Crippen molar-refractivity contribution >= 4 is 0 Å². The fourth-order valence-corrected chi connectivity index (χ4v) is 2.86. The first-order valence-corrected chi connectivity index (χ1v) is 7.69. The maximum Gasteiger partial charge on any atom is 0.187 e. The van der Waals surface area contributed by atoms with Gasteiger partial charge in [-0.25, -0.2) is 0 Å². The van der Waals surface area contributed by atoms with E-state index in [1.165, 1.54) is 5.57 Å². The maximum absolute atomic E-state index is 9.89. The summed E-state index contributed by atoms with van der Waals surface area (Å²) < 4.78 is 10.8. The van der Waals surface area contributed by atoms with Gasteiger partial charge in [-0.05, 0) is 37.7 Å². The van der Waals surface area contributed by atoms with E-state index in [0.29, 0.717) is 12.5 Å². The van der Waals surface area contributed by atoms with Crippen molar-refractivity contribution in [1.29, 1.82) is 0 Å². The number of ether oxygens (including phenoxy) is 2. The summed E-state index contributed by atoms with van der Waals surface area (Å²) in [4.78, 5) is 0. The van der Waals surface area contributed by atoms with Crippen molar-refractivity contribution in [2.45, 2.75) is 56.9 Å². The zero-order valence-corrected chi connectivity index (χ0v) is 12.9. The van der Waals surface area contributed by atoms with Gasteiger partial charge < -0.3 is 29.9 Å². The fourth-order valence-electron chi connectivity index (χ4n) is 2.86. The molecule has 0 bridgehead atoms. The SMILES string of the molecule is C=C(C)C1CC=C(COC2O[C@H](CO)[C@H](O)[C@H](O)[C@H]2O)CC1. The molecule has 6 heteroatoms. The van der Waals surface area contributed by atoms with E-state index < -0.39 is 37.3 Å². The molecule has 2 unspecified atom stereocenters. The first kappa shape index (κ1) is 17.6. The highest BCUT2D eigenvalue weighted by Crippen LogP contribution is 2.29. The van der Waals surface area contributed by atoms with E-state index in [-0.39, 0.29) is 0 Å². The molecule has 126 valence electrons. The van der Waals surface area contributed by atoms with Gasteiger partial charge in [0, 0.05) is 0 Å². The summed E-state index contributed by atoms with van der Waals surface area (Å²) in [5.74, 6) is 0.510. The molecule has 0 radical (unpaired) electrons. The van der Waals surface area contributed by atoms with Crippen molar-refractivity contribution in [1.82, 2.24) is 0 Å². The Morgan fingerprint density at radius 2 is 2.05 bits per heavy atom. The maximum atomic E-state index is 9.89. The van der Waals surface area contributed by atoms with Crippen LogP contribution >= 0.6 is 0 Å². The molecule has 1 heterocycles. The van der Waals surface area contributed by atoms with E-state index in [9.17, 15) is 15.3 Å². The number of hydrogen-bond acceptors (Lipinski definition) is 6. The second-order valence-electron chi connectivity index (χ2n) is 6.19. The van der Waals surface area contributed by atoms with Crippen LogP contribution in [0.25, 0.3) is 0 Å². The van der Waals surface area contributed by atoms with Crippen molar-refractivity contribution in [2.24, 2.45) is 5.92 Å². The van der Waals surface area contributed by atoms with Gasteiger partial charge in [0.15, 0.2) is 6.29 Å². The van der Waals surface area contributed by atoms with Gasteiger partial charge >= 0.3 is 0 Å². The second kappa shape index (κ2) is 7.68. The van der Waals surface area contributed by atoms with Crippen molar-refractivity contribution in [3.05, 3.63) is 23.8 Å². The molecule has 1 saturated heterocycles. The molecular weight excluding hydrogens is 288 g/mol. The highest BCUT2D eigenvalue weighted by atomic mass is 16.7. The Kier molecular flexibility index (Phi) is 6.14. The van der Waals surface area contributed by atoms with Gasteiger partial charge in [-0.3, -0.25) is 0 Å². The molecular formula is C16H26O6. The molecule has 2 rings (SSSR count). The highest BCUT2D eigenvalue weighted by Gasteiger charge is 2.44. The molecule has 0 amide bonds. The van der Waals surface area contributed by atoms with Crippen LogP contribution in [0.3, 0.4) is 0 Å². The third-order valence-corrected chi connectivity index (χ3v) is 4.48. The molecule has 0 spiro atoms. The topological polar surface area (TPSA) is 99.4 Å². The lowest BCUT2D eigenvalue weighted by atomic mass is 9.86. The largest absolute Gasteiger partial charge is 0.394 e. The van der Waals surface area contributed by atoms with Crippen LogP contribution in [-0.4, -0.2) is 64.3 Å². The summed E-state index contributed by atoms with van der Waals surface area (Å²) in [6.45, 7) is 5.86. The lowest BCUT2D eigenvalue weighted by Gasteiger charge is -2.39. The van der Waals surface area contributed by atoms with E-state index in [1.807, 2.05) is 6.92 Å². The minimum atomic E-state index is -1.40. The molecule has 22 heavy (non-hydrogen) atoms. The fraction of sp³-hybridized carbons (Fsp3) is 0.750. The Hall–Kier alpha value is -0.760. The molecule has 6 atom stereocenters. The summed E-state index contributed by atoms with van der Waals surface area (Å²) in [5.41, 5.74) is 2.31. The molecule has 4 N–H and O–H groups in total. The van der Waals surface area contributed by atoms with Crippen LogP contribution in [0.2, 0.25) is 0 Å². The van der Waals surface area contributed by atoms with Crippen LogP contribution in [0.4, 0.5) is 0 Å². The van der Waals surface area contributed by atoms with Crippen LogP contribution in [-0.2, 0) is 9.47 Å². The smallest absolute Gasteiger partial charge is 0.187 e. The summed E-state index contributed by atoms with van der Waals surface area (Å²) in [5, 5.41) is 38.4. The van der Waals surface area contributed by atoms with E-state index >= 15 is 0 Å². The predicted molar refractivity (Wildman–Crippen MR) is 80.0 cm³/mol. The predicted octanol–water partition coefficient (Wildman–Crippen LogP) is 0.105. The van der Waals surface area contributed by atoms with Crippen molar-refractivity contribution < 1.29 is 29.9 Å². The molecule has 6 nitrogen and oxygen atoms in total. The van der Waals surface area contributed by atoms with Crippen LogP contribution in [0.5, 0.6) is 0 Å². The van der Waals surface area contributed by atoms with E-state index in [1.54, 1.807) is 0 Å². The lowest BCUT2D eigenvalue weighted by molar-refractivity contribution is -0.299. The number of hydrogen-bond donors (Lipinski definition) is 4. The van der Waals surface area contributed by atoms with Crippen LogP contribution < -0.4 is 0 Å². The molecule has 1 aliphatic heterocycles. The van der Waals surface area contributed by atoms with Crippen LogP contribution in [0.15, 0.2) is 23.8 Å². The summed E-state index contributed by atoms with van der Waals surface area (Å²) in [7, 11) is 0. The molecule has 0 aromatic rings. The summed E-state index contributed by atoms with van der Waals surface area (Å²) in [6.07, 6.45) is -1.12. The Morgan fingerprint density at radius 3 is 2.59 bits per heavy atom. The van der Waals surface area contributed by atoms with Gasteiger partial charge in [0.05, 0.1) is 13.2 Å². The molecule has 0 saturated carbocycles. The first-order valence-electron chi connectivity index (χ1n) is 7.69. The number of rotatable bonds is 5. The van der Waals surface area contributed by atoms with Gasteiger partial charge in [0.1, 0.15) is 24.4 Å². The van der Waals surface area contributed by atoms with Crippen molar-refractivity contribution in [2.75, 3.05) is 13.2 Å². The van der Waals surface area contributed by atoms with Gasteiger partial charge in [-0.15, -0.1) is 0 Å². The quantitative estimate of drug-likeness (QED) is 0.537. The van der Waals surface area contributed by atoms with Gasteiger partial charge in [-0.2, -0.15) is 0 Å². The highest BCUT2D eigenvalue weighted by molar-refractivity contribution is 5.12. The van der Waals surface area contributed by atoms with Gasteiger partial charge in [0.2, 0.25) is 0 Å². The minimum absolute atomic E-state index is 0.297. The Bertz CT molecular complexity index is 419. The average Bonchev–Trinajstić information content (AvgIpc) is 2.52. The van der Waals surface area contributed by atoms with Gasteiger partial charge in [-0.1, -0.05) is 18.2 Å². The van der Waals surface area contributed by atoms with E-state index in [0.717, 1.165) is 24.8 Å². The Morgan fingerprint density at radius 1 is 1.32 bits per heavy atom. The molecule has 1 aliphatic carbocycles. The van der Waals surface area contributed by atoms with Crippen molar-refractivity contribution in [3.8, 4) is 0 Å². The molecule has 0 aromatic heterocycles. The standard InChI is InChI=1S/C16H26O6/c1-9(2)11-5-3-10(4-6-11)8-21-16-15(20)14(19)13(18)12(7-17)22-16/h3,11-20H,1,4-8H2,2H3/t11?,12-,13+,14+,15-,16?/m1/s1. The van der Waals surface area contributed by atoms with Crippen molar-refractivity contribution in [3.63, 3.8) is 0 Å². The summed E-state index contributed by atoms with van der Waals surface area (Å²) in [6, 6.07) is 0. The second-order valence-corrected chi connectivity index (χ2v) is 6.19.